The average molecular weight is 1190 g/mol. The van der Waals surface area contributed by atoms with Crippen molar-refractivity contribution in [3.8, 4) is 33.6 Å². The number of hydrogen-bond acceptors (Lipinski definition) is 2. The Hall–Kier alpha value is -8.11. The molecule has 0 N–H and O–H groups in total. The van der Waals surface area contributed by atoms with Crippen LogP contribution in [0.3, 0.4) is 0 Å². The first-order valence-corrected chi connectivity index (χ1v) is 26.8. The molecule has 0 saturated carbocycles. The van der Waals surface area contributed by atoms with Crippen molar-refractivity contribution < 1.29 is 25.5 Å². The third kappa shape index (κ3) is 8.98. The van der Waals surface area contributed by atoms with Crippen LogP contribution in [0.2, 0.25) is 0 Å². The predicted molar refractivity (Wildman–Crippen MR) is 324 cm³/mol. The number of rotatable bonds is 2. The van der Waals surface area contributed by atoms with Crippen LogP contribution in [0, 0.1) is 12.1 Å². The van der Waals surface area contributed by atoms with Crippen molar-refractivity contribution in [1.29, 1.82) is 0 Å². The molecule has 9 aromatic carbocycles. The molecule has 10 bridgehead atoms. The van der Waals surface area contributed by atoms with Crippen LogP contribution in [0.15, 0.2) is 211 Å². The number of pyridine rings is 1. The molecule has 0 saturated heterocycles. The molecule has 4 heterocycles. The van der Waals surface area contributed by atoms with Gasteiger partial charge in [-0.1, -0.05) is 213 Å². The Labute approximate surface area is 470 Å². The second-order valence-corrected chi connectivity index (χ2v) is 23.8. The SMILES string of the molecule is CC(C)(C)c1ccc(-c2ccc3c(c2)c2ccc4[c-]c2n3c2cc(C(C)(C)C)cc(n2)c2cccc(c2)c2ccccc2c2cccc(-c3cccc(C(C)(C)C)c3)c2n2[cH-]n(c3[c-]c(ccc3)o4)-c3ccccc3-2)cc1.[Pt]. The number of para-hydroxylation sites is 3. The largest absolute Gasteiger partial charge is 0.510 e. The summed E-state index contributed by atoms with van der Waals surface area (Å²) in [4.78, 5) is 5.65. The number of aromatic nitrogens is 4. The van der Waals surface area contributed by atoms with Gasteiger partial charge in [0.2, 0.25) is 0 Å². The van der Waals surface area contributed by atoms with E-state index in [0.29, 0.717) is 11.2 Å². The summed E-state index contributed by atoms with van der Waals surface area (Å²) in [7, 11) is 0. The fourth-order valence-electron chi connectivity index (χ4n) is 11.2. The quantitative estimate of drug-likeness (QED) is 0.162. The Kier molecular flexibility index (Phi) is 12.4. The molecule has 0 aliphatic carbocycles. The second-order valence-electron chi connectivity index (χ2n) is 23.8. The average Bonchev–Trinajstić information content (AvgIpc) is 4.21. The topological polar surface area (TPSA) is 40.3 Å². The molecule has 3 aromatic heterocycles. The van der Waals surface area contributed by atoms with Gasteiger partial charge in [0.25, 0.3) is 0 Å². The van der Waals surface area contributed by atoms with Gasteiger partial charge >= 0.3 is 0 Å². The van der Waals surface area contributed by atoms with E-state index in [1.54, 1.807) is 0 Å². The van der Waals surface area contributed by atoms with Crippen LogP contribution in [-0.4, -0.2) is 18.5 Å². The molecule has 0 spiro atoms. The van der Waals surface area contributed by atoms with Gasteiger partial charge in [0, 0.05) is 49.5 Å². The maximum Gasteiger partial charge on any atom is 0.136 e. The van der Waals surface area contributed by atoms with Crippen molar-refractivity contribution in [2.45, 2.75) is 78.6 Å². The van der Waals surface area contributed by atoms with Gasteiger partial charge < -0.3 is 18.0 Å². The molecule has 5 nitrogen and oxygen atoms in total. The van der Waals surface area contributed by atoms with Crippen molar-refractivity contribution in [2.24, 2.45) is 0 Å². The van der Waals surface area contributed by atoms with Crippen molar-refractivity contribution in [2.75, 3.05) is 0 Å². The van der Waals surface area contributed by atoms with Gasteiger partial charge in [-0.2, -0.15) is 24.3 Å². The molecule has 388 valence electrons. The number of nitrogens with zero attached hydrogens (tertiary/aromatic N) is 4. The van der Waals surface area contributed by atoms with E-state index in [1.165, 1.54) is 22.3 Å². The van der Waals surface area contributed by atoms with Crippen LogP contribution in [0.5, 0.6) is 0 Å². The summed E-state index contributed by atoms with van der Waals surface area (Å²) in [6.45, 7) is 20.5. The Balaban J connectivity index is 0.00000609. The molecule has 12 aromatic rings. The van der Waals surface area contributed by atoms with E-state index >= 15 is 0 Å². The Morgan fingerprint density at radius 1 is 0.436 bits per heavy atom. The zero-order chi connectivity index (χ0) is 53.0. The normalized spacial score (nSPS) is 12.3. The van der Waals surface area contributed by atoms with Crippen LogP contribution in [0.1, 0.15) is 79.0 Å². The minimum absolute atomic E-state index is 0. The Morgan fingerprint density at radius 3 is 1.86 bits per heavy atom. The monoisotopic (exact) mass is 1190 g/mol. The van der Waals surface area contributed by atoms with Crippen LogP contribution in [0.4, 0.5) is 0 Å². The van der Waals surface area contributed by atoms with Crippen molar-refractivity contribution in [1.82, 2.24) is 18.5 Å². The fraction of sp³-hybridized carbons (Fsp3) is 0.167. The van der Waals surface area contributed by atoms with Crippen LogP contribution >= 0.6 is 0 Å². The molecule has 0 amide bonds. The summed E-state index contributed by atoms with van der Waals surface area (Å²) in [6, 6.07) is 80.4. The molecule has 78 heavy (non-hydrogen) atoms. The minimum atomic E-state index is -0.193. The van der Waals surface area contributed by atoms with Gasteiger partial charge in [0.05, 0.1) is 5.52 Å². The fourth-order valence-corrected chi connectivity index (χ4v) is 11.2. The number of hydrogen-bond donors (Lipinski definition) is 0. The van der Waals surface area contributed by atoms with Gasteiger partial charge in [-0.15, -0.1) is 29.1 Å². The van der Waals surface area contributed by atoms with E-state index in [2.05, 4.69) is 276 Å². The second kappa shape index (κ2) is 19.1. The molecule has 0 fully saturated rings. The van der Waals surface area contributed by atoms with E-state index in [9.17, 15) is 0 Å². The maximum atomic E-state index is 6.87. The number of fused-ring (bicyclic) bond motifs is 23. The van der Waals surface area contributed by atoms with Crippen LogP contribution in [0.25, 0.3) is 116 Å². The predicted octanol–water partition coefficient (Wildman–Crippen LogP) is 19.4. The minimum Gasteiger partial charge on any atom is -0.510 e. The molecular formula is C72H61N4OPt-3. The first-order valence-electron chi connectivity index (χ1n) is 26.8. The summed E-state index contributed by atoms with van der Waals surface area (Å²) >= 11 is 0. The van der Waals surface area contributed by atoms with E-state index in [-0.39, 0.29) is 37.3 Å². The molecule has 1 aliphatic rings. The molecule has 0 radical (unpaired) electrons. The van der Waals surface area contributed by atoms with Crippen molar-refractivity contribution in [3.63, 3.8) is 0 Å². The molecule has 0 atom stereocenters. The molecule has 1 aliphatic heterocycles. The standard InChI is InChI=1S/C72H61N4O.Pt/c1-70(2,3)51-33-30-46(31-34-51)47-32-37-64-62(40-47)60-36-35-56-44-67(60)76(64)68-42-53(72(7,8)9)41-63(73-68)50-20-14-18-48(38-50)57-24-10-11-25-59(57)61-27-17-26-58(49-19-15-21-52(39-49)71(4,5)6)69(61)75-45-74(65-28-12-13-29-66(65)75)54-22-16-23-55(43-54)77-56;/h10-42,45H,1-9H3;/q-3;. The van der Waals surface area contributed by atoms with Gasteiger partial charge in [0.15, 0.2) is 0 Å². The number of imidazole rings is 1. The summed E-state index contributed by atoms with van der Waals surface area (Å²) in [5.41, 5.74) is 17.1. The van der Waals surface area contributed by atoms with Gasteiger partial charge in [-0.25, -0.2) is 4.98 Å². The summed E-state index contributed by atoms with van der Waals surface area (Å²) in [5, 5.41) is 7.69. The van der Waals surface area contributed by atoms with Crippen molar-refractivity contribution in [3.05, 3.63) is 235 Å². The Bertz CT molecular complexity index is 4630. The van der Waals surface area contributed by atoms with E-state index in [1.807, 2.05) is 18.2 Å². The molecule has 13 rings (SSSR count). The number of benzene rings is 9. The summed E-state index contributed by atoms with van der Waals surface area (Å²) in [6.07, 6.45) is 2.22. The molecule has 6 heteroatoms. The van der Waals surface area contributed by atoms with Crippen LogP contribution < -0.4 is 0 Å². The summed E-state index contributed by atoms with van der Waals surface area (Å²) < 4.78 is 13.8. The van der Waals surface area contributed by atoms with E-state index in [4.69, 9.17) is 9.40 Å². The maximum absolute atomic E-state index is 6.87. The first-order chi connectivity index (χ1) is 37.0. The third-order valence-corrected chi connectivity index (χ3v) is 15.5. The van der Waals surface area contributed by atoms with E-state index < -0.39 is 0 Å². The van der Waals surface area contributed by atoms with Crippen LogP contribution in [-0.2, 0) is 37.3 Å². The van der Waals surface area contributed by atoms with E-state index in [0.717, 1.165) is 99.0 Å². The zero-order valence-electron chi connectivity index (χ0n) is 45.6. The summed E-state index contributed by atoms with van der Waals surface area (Å²) in [5.74, 6) is 0. The van der Waals surface area contributed by atoms with Crippen molar-refractivity contribution >= 4 is 82.1 Å². The first kappa shape index (κ1) is 50.7. The van der Waals surface area contributed by atoms with Gasteiger partial charge in [-0.3, -0.25) is 0 Å². The van der Waals surface area contributed by atoms with Gasteiger partial charge in [-0.05, 0) is 123 Å². The third-order valence-electron chi connectivity index (χ3n) is 15.5. The smallest absolute Gasteiger partial charge is 0.136 e. The molecule has 0 unspecified atom stereocenters. The molecular weight excluding hydrogens is 1130 g/mol. The zero-order valence-corrected chi connectivity index (χ0v) is 47.9. The van der Waals surface area contributed by atoms with Gasteiger partial charge in [0.1, 0.15) is 5.65 Å². The Morgan fingerprint density at radius 2 is 1.09 bits per heavy atom.